The minimum atomic E-state index is -0.421. The minimum Gasteiger partial charge on any atom is -0.338 e. The number of carbonyl (C=O) groups excluding carboxylic acids is 1. The second-order valence-electron chi connectivity index (χ2n) is 3.17. The van der Waals surface area contributed by atoms with Crippen molar-refractivity contribution in [1.29, 1.82) is 0 Å². The lowest BCUT2D eigenvalue weighted by Gasteiger charge is -2.04. The molecule has 0 spiro atoms. The van der Waals surface area contributed by atoms with E-state index in [9.17, 15) is 4.79 Å². The molecule has 82 valence electrons. The largest absolute Gasteiger partial charge is 0.338 e. The summed E-state index contributed by atoms with van der Waals surface area (Å²) in [5.74, 6) is 0.766. The number of anilines is 2. The summed E-state index contributed by atoms with van der Waals surface area (Å²) in [6, 6.07) is 4.73. The second kappa shape index (κ2) is 4.43. The molecule has 0 bridgehead atoms. The van der Waals surface area contributed by atoms with Gasteiger partial charge in [-0.1, -0.05) is 5.16 Å². The van der Waals surface area contributed by atoms with Gasteiger partial charge in [-0.2, -0.15) is 0 Å². The Morgan fingerprint density at radius 3 is 2.88 bits per heavy atom. The monoisotopic (exact) mass is 218 g/mol. The van der Waals surface area contributed by atoms with Gasteiger partial charge in [-0.3, -0.25) is 10.6 Å². The van der Waals surface area contributed by atoms with Crippen LogP contribution in [0.4, 0.5) is 16.5 Å². The number of aromatic nitrogens is 2. The number of nitrogens with zero attached hydrogens (tertiary/aromatic N) is 2. The molecule has 0 aliphatic rings. The Morgan fingerprint density at radius 2 is 2.19 bits per heavy atom. The molecule has 0 atom stereocenters. The van der Waals surface area contributed by atoms with Crippen LogP contribution in [0.25, 0.3) is 0 Å². The molecule has 0 unspecified atom stereocenters. The van der Waals surface area contributed by atoms with Crippen molar-refractivity contribution >= 4 is 17.7 Å². The van der Waals surface area contributed by atoms with Gasteiger partial charge in [-0.15, -0.1) is 0 Å². The van der Waals surface area contributed by atoms with Crippen molar-refractivity contribution in [2.75, 3.05) is 10.6 Å². The van der Waals surface area contributed by atoms with Crippen LogP contribution in [-0.2, 0) is 0 Å². The third-order valence-corrected chi connectivity index (χ3v) is 1.83. The highest BCUT2D eigenvalue weighted by molar-refractivity contribution is 5.98. The first-order valence-electron chi connectivity index (χ1n) is 4.65. The third-order valence-electron chi connectivity index (χ3n) is 1.83. The summed E-state index contributed by atoms with van der Waals surface area (Å²) in [6.07, 6.45) is 3.07. The number of amides is 2. The van der Waals surface area contributed by atoms with E-state index in [1.807, 2.05) is 13.0 Å². The predicted octanol–water partition coefficient (Wildman–Crippen LogP) is 2.02. The van der Waals surface area contributed by atoms with Crippen LogP contribution in [0.5, 0.6) is 0 Å². The van der Waals surface area contributed by atoms with E-state index in [-0.39, 0.29) is 5.88 Å². The number of hydrogen-bond donors (Lipinski definition) is 2. The smallest absolute Gasteiger partial charge is 0.327 e. The first-order chi connectivity index (χ1) is 7.74. The van der Waals surface area contributed by atoms with Gasteiger partial charge < -0.3 is 4.52 Å². The van der Waals surface area contributed by atoms with E-state index >= 15 is 0 Å². The molecule has 0 radical (unpaired) electrons. The summed E-state index contributed by atoms with van der Waals surface area (Å²) in [4.78, 5) is 15.4. The third kappa shape index (κ3) is 2.57. The maximum Gasteiger partial charge on any atom is 0.327 e. The molecule has 0 fully saturated rings. The van der Waals surface area contributed by atoms with Crippen LogP contribution in [0.3, 0.4) is 0 Å². The molecule has 0 aliphatic carbocycles. The van der Waals surface area contributed by atoms with Gasteiger partial charge in [-0.05, 0) is 24.6 Å². The number of urea groups is 1. The summed E-state index contributed by atoms with van der Waals surface area (Å²) >= 11 is 0. The number of pyridine rings is 1. The molecule has 2 rings (SSSR count). The molecule has 2 aromatic heterocycles. The summed E-state index contributed by atoms with van der Waals surface area (Å²) in [7, 11) is 0. The summed E-state index contributed by atoms with van der Waals surface area (Å²) in [5, 5.41) is 8.51. The van der Waals surface area contributed by atoms with Crippen LogP contribution in [0.2, 0.25) is 0 Å². The van der Waals surface area contributed by atoms with Crippen molar-refractivity contribution in [3.05, 3.63) is 36.2 Å². The fraction of sp³-hybridized carbons (Fsp3) is 0.100. The Bertz CT molecular complexity index is 481. The minimum absolute atomic E-state index is 0.283. The zero-order valence-electron chi connectivity index (χ0n) is 8.60. The average molecular weight is 218 g/mol. The Labute approximate surface area is 91.7 Å². The van der Waals surface area contributed by atoms with Gasteiger partial charge in [0.15, 0.2) is 0 Å². The van der Waals surface area contributed by atoms with Crippen molar-refractivity contribution in [2.45, 2.75) is 6.92 Å². The molecule has 6 heteroatoms. The lowest BCUT2D eigenvalue weighted by atomic mass is 10.3. The van der Waals surface area contributed by atoms with Crippen molar-refractivity contribution in [2.24, 2.45) is 0 Å². The summed E-state index contributed by atoms with van der Waals surface area (Å²) in [5.41, 5.74) is 1.02. The lowest BCUT2D eigenvalue weighted by Crippen LogP contribution is -2.19. The van der Waals surface area contributed by atoms with E-state index in [4.69, 9.17) is 4.52 Å². The van der Waals surface area contributed by atoms with Gasteiger partial charge in [0.2, 0.25) is 5.88 Å². The molecule has 0 saturated carbocycles. The topological polar surface area (TPSA) is 80.0 Å². The zero-order valence-corrected chi connectivity index (χ0v) is 8.60. The van der Waals surface area contributed by atoms with E-state index in [0.29, 0.717) is 5.82 Å². The Hall–Kier alpha value is -2.37. The fourth-order valence-corrected chi connectivity index (χ4v) is 1.14. The molecule has 2 amide bonds. The van der Waals surface area contributed by atoms with Crippen molar-refractivity contribution in [1.82, 2.24) is 10.1 Å². The first kappa shape index (κ1) is 10.2. The molecule has 2 aromatic rings. The molecule has 2 N–H and O–H groups in total. The van der Waals surface area contributed by atoms with Crippen molar-refractivity contribution < 1.29 is 9.32 Å². The van der Waals surface area contributed by atoms with Gasteiger partial charge in [0.25, 0.3) is 0 Å². The molecule has 0 aliphatic heterocycles. The molecule has 0 saturated heterocycles. The first-order valence-corrected chi connectivity index (χ1v) is 4.65. The van der Waals surface area contributed by atoms with Crippen LogP contribution in [0, 0.1) is 6.92 Å². The number of aryl methyl sites for hydroxylation is 1. The van der Waals surface area contributed by atoms with Crippen LogP contribution < -0.4 is 10.6 Å². The molecular weight excluding hydrogens is 208 g/mol. The SMILES string of the molecule is Cc1ccnc(NC(=O)Nc2ccno2)c1. The molecule has 6 nitrogen and oxygen atoms in total. The van der Waals surface area contributed by atoms with Gasteiger partial charge in [0.1, 0.15) is 5.82 Å². The second-order valence-corrected chi connectivity index (χ2v) is 3.17. The average Bonchev–Trinajstić information content (AvgIpc) is 2.70. The molecular formula is C10H10N4O2. The number of rotatable bonds is 2. The van der Waals surface area contributed by atoms with Crippen LogP contribution in [0.15, 0.2) is 35.1 Å². The Balaban J connectivity index is 1.97. The molecule has 16 heavy (non-hydrogen) atoms. The zero-order chi connectivity index (χ0) is 11.4. The molecule has 2 heterocycles. The van der Waals surface area contributed by atoms with E-state index < -0.39 is 6.03 Å². The van der Waals surface area contributed by atoms with Gasteiger partial charge >= 0.3 is 6.03 Å². The van der Waals surface area contributed by atoms with E-state index in [1.54, 1.807) is 18.3 Å². The maximum atomic E-state index is 11.4. The Morgan fingerprint density at radius 1 is 1.31 bits per heavy atom. The van der Waals surface area contributed by atoms with E-state index in [2.05, 4.69) is 20.8 Å². The van der Waals surface area contributed by atoms with Gasteiger partial charge in [-0.25, -0.2) is 9.78 Å². The normalized spacial score (nSPS) is 9.81. The van der Waals surface area contributed by atoms with Crippen LogP contribution in [0.1, 0.15) is 5.56 Å². The maximum absolute atomic E-state index is 11.4. The number of hydrogen-bond acceptors (Lipinski definition) is 4. The predicted molar refractivity (Wildman–Crippen MR) is 58.1 cm³/mol. The number of carbonyl (C=O) groups is 1. The van der Waals surface area contributed by atoms with E-state index in [0.717, 1.165) is 5.56 Å². The highest BCUT2D eigenvalue weighted by Gasteiger charge is 2.05. The van der Waals surface area contributed by atoms with Crippen molar-refractivity contribution in [3.8, 4) is 0 Å². The van der Waals surface area contributed by atoms with E-state index in [1.165, 1.54) is 6.20 Å². The highest BCUT2D eigenvalue weighted by Crippen LogP contribution is 2.07. The lowest BCUT2D eigenvalue weighted by molar-refractivity contribution is 0.261. The molecule has 0 aromatic carbocycles. The van der Waals surface area contributed by atoms with Crippen LogP contribution in [-0.4, -0.2) is 16.2 Å². The fourth-order valence-electron chi connectivity index (χ4n) is 1.14. The summed E-state index contributed by atoms with van der Waals surface area (Å²) in [6.45, 7) is 1.92. The van der Waals surface area contributed by atoms with Crippen molar-refractivity contribution in [3.63, 3.8) is 0 Å². The van der Waals surface area contributed by atoms with Gasteiger partial charge in [0, 0.05) is 12.3 Å². The number of nitrogens with one attached hydrogen (secondary N) is 2. The van der Waals surface area contributed by atoms with Gasteiger partial charge in [0.05, 0.1) is 6.20 Å². The quantitative estimate of drug-likeness (QED) is 0.808. The highest BCUT2D eigenvalue weighted by atomic mass is 16.5. The Kier molecular flexibility index (Phi) is 2.81. The summed E-state index contributed by atoms with van der Waals surface area (Å²) < 4.78 is 4.72. The van der Waals surface area contributed by atoms with Crippen LogP contribution >= 0.6 is 0 Å². The standard InChI is InChI=1S/C10H10N4O2/c1-7-2-4-11-8(6-7)13-10(15)14-9-3-5-12-16-9/h2-6H,1H3,(H2,11,13,14,15).